The molecule has 4 aromatic carbocycles. The van der Waals surface area contributed by atoms with E-state index >= 15 is 0 Å². The average Bonchev–Trinajstić information content (AvgIpc) is 3.48. The number of tetrazole rings is 1. The molecular formula is C33H30N4O2. The van der Waals surface area contributed by atoms with Crippen molar-refractivity contribution in [2.75, 3.05) is 0 Å². The molecule has 6 rings (SSSR count). The first-order valence-corrected chi connectivity index (χ1v) is 13.4. The van der Waals surface area contributed by atoms with Crippen LogP contribution in [-0.4, -0.2) is 26.5 Å². The maximum Gasteiger partial charge on any atom is 0.204 e. The number of hydrogen-bond donors (Lipinski definition) is 0. The molecule has 0 spiro atoms. The highest BCUT2D eigenvalue weighted by Gasteiger charge is 2.32. The molecule has 0 N–H and O–H groups in total. The van der Waals surface area contributed by atoms with E-state index in [9.17, 15) is 4.79 Å². The van der Waals surface area contributed by atoms with Gasteiger partial charge < -0.3 is 9.53 Å². The van der Waals surface area contributed by atoms with E-state index in [1.165, 1.54) is 27.1 Å². The lowest BCUT2D eigenvalue weighted by Gasteiger charge is -2.35. The molecule has 2 atom stereocenters. The predicted octanol–water partition coefficient (Wildman–Crippen LogP) is 6.37. The highest BCUT2D eigenvalue weighted by Crippen LogP contribution is 2.47. The van der Waals surface area contributed by atoms with Crippen molar-refractivity contribution in [2.45, 2.75) is 44.2 Å². The summed E-state index contributed by atoms with van der Waals surface area (Å²) >= 11 is 0. The number of hydrogen-bond acceptors (Lipinski definition) is 5. The summed E-state index contributed by atoms with van der Waals surface area (Å²) in [6.07, 6.45) is 3.31. The number of carbonyl (C=O) groups excluding carboxylic acids is 1. The number of nitrogens with zero attached hydrogens (tertiary/aromatic N) is 4. The van der Waals surface area contributed by atoms with E-state index in [0.29, 0.717) is 31.3 Å². The second-order valence-electron chi connectivity index (χ2n) is 9.95. The van der Waals surface area contributed by atoms with Gasteiger partial charge in [-0.3, -0.25) is 0 Å². The fourth-order valence-electron chi connectivity index (χ4n) is 5.56. The van der Waals surface area contributed by atoms with Crippen molar-refractivity contribution in [3.63, 3.8) is 0 Å². The predicted molar refractivity (Wildman–Crippen MR) is 150 cm³/mol. The Labute approximate surface area is 228 Å². The van der Waals surface area contributed by atoms with Crippen molar-refractivity contribution in [1.29, 1.82) is 0 Å². The summed E-state index contributed by atoms with van der Waals surface area (Å²) in [5.74, 6) is 2.08. The van der Waals surface area contributed by atoms with Crippen LogP contribution in [0.5, 0.6) is 5.75 Å². The third-order valence-electron chi connectivity index (χ3n) is 7.48. The zero-order valence-corrected chi connectivity index (χ0v) is 21.7. The van der Waals surface area contributed by atoms with Gasteiger partial charge in [-0.1, -0.05) is 91.0 Å². The normalized spacial score (nSPS) is 16.4. The smallest absolute Gasteiger partial charge is 0.204 e. The third-order valence-corrected chi connectivity index (χ3v) is 7.48. The van der Waals surface area contributed by atoms with Crippen LogP contribution in [0.25, 0.3) is 11.4 Å². The second kappa shape index (κ2) is 11.4. The van der Waals surface area contributed by atoms with E-state index in [2.05, 4.69) is 100 Å². The van der Waals surface area contributed by atoms with Gasteiger partial charge >= 0.3 is 0 Å². The molecule has 0 saturated heterocycles. The zero-order valence-electron chi connectivity index (χ0n) is 21.7. The lowest BCUT2D eigenvalue weighted by molar-refractivity contribution is -0.108. The molecule has 1 aliphatic rings. The van der Waals surface area contributed by atoms with Gasteiger partial charge in [-0.15, -0.1) is 10.2 Å². The minimum atomic E-state index is 0.226. The Morgan fingerprint density at radius 1 is 0.872 bits per heavy atom. The fraction of sp³-hybridized carbons (Fsp3) is 0.212. The highest BCUT2D eigenvalue weighted by molar-refractivity contribution is 5.56. The summed E-state index contributed by atoms with van der Waals surface area (Å²) in [6, 6.07) is 36.2. The quantitative estimate of drug-likeness (QED) is 0.214. The standard InChI is InChI=1S/C33H30N4O2/c38-21-7-20-37-35-33(34-36-37)27-14-12-26(13-15-27)32-30(25-10-5-2-6-11-25)18-16-28-22-29(17-19-31(28)32)39-23-24-8-3-1-4-9-24/h1-6,8-15,17,19,21-22,30,32H,7,16,18,20,23H2/t30-,32+/m1/s1. The molecule has 6 nitrogen and oxygen atoms in total. The summed E-state index contributed by atoms with van der Waals surface area (Å²) in [7, 11) is 0. The number of aldehydes is 1. The van der Waals surface area contributed by atoms with Crippen LogP contribution in [0.4, 0.5) is 0 Å². The van der Waals surface area contributed by atoms with Crippen LogP contribution in [0.1, 0.15) is 52.5 Å². The Morgan fingerprint density at radius 2 is 1.64 bits per heavy atom. The van der Waals surface area contributed by atoms with Crippen molar-refractivity contribution in [3.05, 3.63) is 131 Å². The number of carbonyl (C=O) groups is 1. The molecule has 0 bridgehead atoms. The summed E-state index contributed by atoms with van der Waals surface area (Å²) in [4.78, 5) is 12.1. The SMILES string of the molecule is O=CCCn1nnc(-c2ccc([C@@H]3c4ccc(OCc5ccccc5)cc4CC[C@@H]3c3ccccc3)cc2)n1. The van der Waals surface area contributed by atoms with Gasteiger partial charge in [-0.2, -0.15) is 4.80 Å². The van der Waals surface area contributed by atoms with Gasteiger partial charge in [0.2, 0.25) is 5.82 Å². The third kappa shape index (κ3) is 5.50. The Hall–Kier alpha value is -4.58. The molecule has 39 heavy (non-hydrogen) atoms. The number of aryl methyl sites for hydroxylation is 2. The second-order valence-corrected chi connectivity index (χ2v) is 9.95. The van der Waals surface area contributed by atoms with Gasteiger partial charge in [0.05, 0.1) is 6.54 Å². The van der Waals surface area contributed by atoms with Crippen molar-refractivity contribution < 1.29 is 9.53 Å². The molecule has 5 aromatic rings. The van der Waals surface area contributed by atoms with E-state index in [1.54, 1.807) is 0 Å². The molecule has 0 aliphatic heterocycles. The number of ether oxygens (including phenoxy) is 1. The minimum absolute atomic E-state index is 0.226. The van der Waals surface area contributed by atoms with Gasteiger partial charge in [0.25, 0.3) is 0 Å². The Bertz CT molecular complexity index is 1530. The molecule has 1 aromatic heterocycles. The van der Waals surface area contributed by atoms with Crippen LogP contribution in [0.2, 0.25) is 0 Å². The van der Waals surface area contributed by atoms with E-state index in [4.69, 9.17) is 4.74 Å². The topological polar surface area (TPSA) is 69.9 Å². The van der Waals surface area contributed by atoms with Crippen molar-refractivity contribution >= 4 is 6.29 Å². The number of fused-ring (bicyclic) bond motifs is 1. The van der Waals surface area contributed by atoms with E-state index < -0.39 is 0 Å². The fourth-order valence-corrected chi connectivity index (χ4v) is 5.56. The number of aromatic nitrogens is 4. The van der Waals surface area contributed by atoms with Crippen molar-refractivity contribution in [2.24, 2.45) is 0 Å². The average molecular weight is 515 g/mol. The van der Waals surface area contributed by atoms with E-state index in [-0.39, 0.29) is 5.92 Å². The van der Waals surface area contributed by atoms with Crippen LogP contribution in [0.3, 0.4) is 0 Å². The molecular weight excluding hydrogens is 484 g/mol. The highest BCUT2D eigenvalue weighted by atomic mass is 16.5. The Balaban J connectivity index is 1.30. The van der Waals surface area contributed by atoms with Crippen LogP contribution in [0, 0.1) is 0 Å². The minimum Gasteiger partial charge on any atom is -0.489 e. The lowest BCUT2D eigenvalue weighted by Crippen LogP contribution is -2.20. The van der Waals surface area contributed by atoms with Crippen molar-refractivity contribution in [3.8, 4) is 17.1 Å². The molecule has 1 aliphatic carbocycles. The maximum absolute atomic E-state index is 10.7. The van der Waals surface area contributed by atoms with Crippen molar-refractivity contribution in [1.82, 2.24) is 20.2 Å². The first-order chi connectivity index (χ1) is 19.3. The van der Waals surface area contributed by atoms with Gasteiger partial charge in [0.1, 0.15) is 18.6 Å². The van der Waals surface area contributed by atoms with Gasteiger partial charge in [-0.25, -0.2) is 0 Å². The van der Waals surface area contributed by atoms with Crippen LogP contribution < -0.4 is 4.74 Å². The molecule has 0 unspecified atom stereocenters. The molecule has 0 amide bonds. The summed E-state index contributed by atoms with van der Waals surface area (Å²) < 4.78 is 6.16. The number of rotatable bonds is 9. The van der Waals surface area contributed by atoms with Gasteiger partial charge in [0.15, 0.2) is 0 Å². The van der Waals surface area contributed by atoms with Gasteiger partial charge in [-0.05, 0) is 63.9 Å². The molecule has 194 valence electrons. The molecule has 1 heterocycles. The summed E-state index contributed by atoms with van der Waals surface area (Å²) in [6.45, 7) is 0.994. The van der Waals surface area contributed by atoms with E-state index in [0.717, 1.165) is 36.0 Å². The summed E-state index contributed by atoms with van der Waals surface area (Å²) in [5.41, 5.74) is 7.40. The first kappa shape index (κ1) is 24.7. The Kier molecular flexibility index (Phi) is 7.25. The zero-order chi connectivity index (χ0) is 26.4. The largest absolute Gasteiger partial charge is 0.489 e. The first-order valence-electron chi connectivity index (χ1n) is 13.4. The Morgan fingerprint density at radius 3 is 2.41 bits per heavy atom. The van der Waals surface area contributed by atoms with E-state index in [1.807, 2.05) is 18.2 Å². The van der Waals surface area contributed by atoms with Crippen LogP contribution >= 0.6 is 0 Å². The molecule has 0 fully saturated rings. The maximum atomic E-state index is 10.7. The van der Waals surface area contributed by atoms with Crippen LogP contribution in [-0.2, 0) is 24.4 Å². The lowest BCUT2D eigenvalue weighted by atomic mass is 9.69. The molecule has 0 radical (unpaired) electrons. The molecule has 6 heteroatoms. The summed E-state index contributed by atoms with van der Waals surface area (Å²) in [5, 5.41) is 12.7. The monoisotopic (exact) mass is 514 g/mol. The van der Waals surface area contributed by atoms with Crippen LogP contribution in [0.15, 0.2) is 103 Å². The number of benzene rings is 4. The molecule has 0 saturated carbocycles. The van der Waals surface area contributed by atoms with Gasteiger partial charge in [0, 0.05) is 17.9 Å².